The van der Waals surface area contributed by atoms with Gasteiger partial charge in [-0.15, -0.1) is 10.2 Å². The van der Waals surface area contributed by atoms with E-state index in [1.807, 2.05) is 74.5 Å². The van der Waals surface area contributed by atoms with Gasteiger partial charge in [-0.1, -0.05) is 59.9 Å². The zero-order chi connectivity index (χ0) is 16.8. The van der Waals surface area contributed by atoms with Crippen LogP contribution in [-0.2, 0) is 0 Å². The fourth-order valence-electron chi connectivity index (χ4n) is 1.95. The Morgan fingerprint density at radius 2 is 1.62 bits per heavy atom. The molecule has 1 heterocycles. The van der Waals surface area contributed by atoms with Gasteiger partial charge in [-0.25, -0.2) is 4.98 Å². The fourth-order valence-corrected chi connectivity index (χ4v) is 2.68. The number of benzene rings is 2. The number of anilines is 1. The van der Waals surface area contributed by atoms with Gasteiger partial charge in [0.15, 0.2) is 0 Å². The van der Waals surface area contributed by atoms with Crippen molar-refractivity contribution in [2.45, 2.75) is 13.8 Å². The van der Waals surface area contributed by atoms with Gasteiger partial charge in [-0.3, -0.25) is 5.43 Å². The van der Waals surface area contributed by atoms with Gasteiger partial charge in [0.05, 0.1) is 11.4 Å². The normalized spacial score (nSPS) is 11.8. The summed E-state index contributed by atoms with van der Waals surface area (Å²) in [5.74, 6) is 0.505. The van der Waals surface area contributed by atoms with Gasteiger partial charge in [-0.05, 0) is 26.0 Å². The number of hydrogen-bond donors (Lipinski definition) is 1. The summed E-state index contributed by atoms with van der Waals surface area (Å²) >= 11 is 1.52. The van der Waals surface area contributed by atoms with Crippen LogP contribution in [0.1, 0.15) is 16.1 Å². The zero-order valence-electron chi connectivity index (χ0n) is 13.5. The van der Waals surface area contributed by atoms with Crippen molar-refractivity contribution in [3.8, 4) is 0 Å². The summed E-state index contributed by atoms with van der Waals surface area (Å²) in [5, 5.41) is 13.6. The largest absolute Gasteiger partial charge is 0.276 e. The second-order valence-electron chi connectivity index (χ2n) is 5.12. The van der Waals surface area contributed by atoms with Crippen LogP contribution in [0.4, 0.5) is 10.8 Å². The van der Waals surface area contributed by atoms with Gasteiger partial charge >= 0.3 is 0 Å². The molecule has 0 fully saturated rings. The second kappa shape index (κ2) is 7.61. The van der Waals surface area contributed by atoms with Gasteiger partial charge < -0.3 is 0 Å². The number of thiazole rings is 1. The lowest BCUT2D eigenvalue weighted by molar-refractivity contribution is 1.16. The average Bonchev–Trinajstić information content (AvgIpc) is 2.94. The molecular weight excluding hydrogens is 318 g/mol. The van der Waals surface area contributed by atoms with Gasteiger partial charge in [-0.2, -0.15) is 5.10 Å². The third-order valence-electron chi connectivity index (χ3n) is 3.34. The van der Waals surface area contributed by atoms with Crippen molar-refractivity contribution < 1.29 is 0 Å². The standard InChI is InChI=1S/C18H17N5S/c1-13-14(2)24-18(19-13)23-22-17(15-9-5-3-6-10-15)21-20-16-11-7-4-8-12-16/h3-12,20H,1-2H3/b21-17+,23-22?. The van der Waals surface area contributed by atoms with Crippen molar-refractivity contribution in [2.24, 2.45) is 15.3 Å². The first-order valence-electron chi connectivity index (χ1n) is 7.52. The maximum Gasteiger partial charge on any atom is 0.230 e. The zero-order valence-corrected chi connectivity index (χ0v) is 14.3. The summed E-state index contributed by atoms with van der Waals surface area (Å²) in [5.41, 5.74) is 5.77. The van der Waals surface area contributed by atoms with E-state index in [2.05, 4.69) is 25.7 Å². The molecule has 0 bridgehead atoms. The molecule has 0 spiro atoms. The Hall–Kier alpha value is -2.86. The lowest BCUT2D eigenvalue weighted by Gasteiger charge is -2.02. The molecular formula is C18H17N5S. The monoisotopic (exact) mass is 335 g/mol. The molecule has 3 rings (SSSR count). The van der Waals surface area contributed by atoms with E-state index < -0.39 is 0 Å². The molecule has 5 nitrogen and oxygen atoms in total. The van der Waals surface area contributed by atoms with Crippen LogP contribution in [0.25, 0.3) is 0 Å². The minimum absolute atomic E-state index is 0.505. The predicted octanol–water partition coefficient (Wildman–Crippen LogP) is 5.32. The fraction of sp³-hybridized carbons (Fsp3) is 0.111. The minimum Gasteiger partial charge on any atom is -0.276 e. The highest BCUT2D eigenvalue weighted by Gasteiger charge is 2.05. The van der Waals surface area contributed by atoms with Crippen LogP contribution in [-0.4, -0.2) is 10.8 Å². The molecule has 2 aromatic carbocycles. The molecule has 0 aliphatic rings. The number of nitrogens with zero attached hydrogens (tertiary/aromatic N) is 4. The Bertz CT molecular complexity index is 834. The molecule has 0 amide bonds. The number of aromatic nitrogens is 1. The van der Waals surface area contributed by atoms with Crippen LogP contribution < -0.4 is 5.43 Å². The van der Waals surface area contributed by atoms with Crippen LogP contribution >= 0.6 is 11.3 Å². The first kappa shape index (κ1) is 16.0. The summed E-state index contributed by atoms with van der Waals surface area (Å²) in [7, 11) is 0. The first-order valence-corrected chi connectivity index (χ1v) is 8.34. The maximum absolute atomic E-state index is 4.39. The van der Waals surface area contributed by atoms with Crippen molar-refractivity contribution in [3.63, 3.8) is 0 Å². The Kier molecular flexibility index (Phi) is 5.08. The quantitative estimate of drug-likeness (QED) is 0.304. The third kappa shape index (κ3) is 4.11. The highest BCUT2D eigenvalue weighted by molar-refractivity contribution is 7.15. The predicted molar refractivity (Wildman–Crippen MR) is 99.1 cm³/mol. The summed E-state index contributed by atoms with van der Waals surface area (Å²) in [4.78, 5) is 5.52. The van der Waals surface area contributed by atoms with Crippen molar-refractivity contribution in [2.75, 3.05) is 5.43 Å². The van der Waals surface area contributed by atoms with E-state index in [9.17, 15) is 0 Å². The van der Waals surface area contributed by atoms with Crippen LogP contribution in [0.2, 0.25) is 0 Å². The molecule has 1 N–H and O–H groups in total. The van der Waals surface area contributed by atoms with Gasteiger partial charge in [0.2, 0.25) is 11.0 Å². The molecule has 0 unspecified atom stereocenters. The third-order valence-corrected chi connectivity index (χ3v) is 4.30. The molecule has 6 heteroatoms. The molecule has 0 saturated heterocycles. The number of hydrogen-bond acceptors (Lipinski definition) is 5. The number of nitrogens with one attached hydrogen (secondary N) is 1. The smallest absolute Gasteiger partial charge is 0.230 e. The van der Waals surface area contributed by atoms with E-state index in [0.29, 0.717) is 11.0 Å². The van der Waals surface area contributed by atoms with Crippen LogP contribution in [0.5, 0.6) is 0 Å². The lowest BCUT2D eigenvalue weighted by atomic mass is 10.2. The summed E-state index contributed by atoms with van der Waals surface area (Å²) in [6, 6.07) is 19.5. The van der Waals surface area contributed by atoms with Crippen molar-refractivity contribution in [1.82, 2.24) is 4.98 Å². The van der Waals surface area contributed by atoms with Gasteiger partial charge in [0.25, 0.3) is 0 Å². The van der Waals surface area contributed by atoms with Crippen LogP contribution in [0, 0.1) is 13.8 Å². The van der Waals surface area contributed by atoms with Crippen molar-refractivity contribution >= 4 is 28.0 Å². The van der Waals surface area contributed by atoms with Crippen LogP contribution in [0.15, 0.2) is 76.0 Å². The molecule has 0 atom stereocenters. The minimum atomic E-state index is 0.505. The molecule has 24 heavy (non-hydrogen) atoms. The Balaban J connectivity index is 1.87. The van der Waals surface area contributed by atoms with E-state index in [0.717, 1.165) is 21.8 Å². The van der Waals surface area contributed by atoms with Gasteiger partial charge in [0.1, 0.15) is 0 Å². The Labute approximate surface area is 144 Å². The lowest BCUT2D eigenvalue weighted by Crippen LogP contribution is -2.00. The topological polar surface area (TPSA) is 62.0 Å². The molecule has 0 aliphatic carbocycles. The van der Waals surface area contributed by atoms with E-state index in [1.165, 1.54) is 11.3 Å². The molecule has 0 saturated carbocycles. The molecule has 0 aliphatic heterocycles. The maximum atomic E-state index is 4.39. The molecule has 1 aromatic heterocycles. The Morgan fingerprint density at radius 3 is 2.25 bits per heavy atom. The average molecular weight is 335 g/mol. The number of hydrazone groups is 1. The van der Waals surface area contributed by atoms with Gasteiger partial charge in [0, 0.05) is 10.4 Å². The number of rotatable bonds is 4. The SMILES string of the molecule is Cc1nc(N=N/C(=N/Nc2ccccc2)c2ccccc2)sc1C. The highest BCUT2D eigenvalue weighted by Crippen LogP contribution is 2.24. The van der Waals surface area contributed by atoms with Crippen molar-refractivity contribution in [3.05, 3.63) is 76.8 Å². The molecule has 3 aromatic rings. The van der Waals surface area contributed by atoms with Crippen molar-refractivity contribution in [1.29, 1.82) is 0 Å². The number of aryl methyl sites for hydroxylation is 2. The summed E-state index contributed by atoms with van der Waals surface area (Å²) < 4.78 is 0. The van der Waals surface area contributed by atoms with E-state index in [1.54, 1.807) is 0 Å². The van der Waals surface area contributed by atoms with Crippen LogP contribution in [0.3, 0.4) is 0 Å². The molecule has 0 radical (unpaired) electrons. The first-order chi connectivity index (χ1) is 11.7. The van der Waals surface area contributed by atoms with E-state index in [4.69, 9.17) is 0 Å². The van der Waals surface area contributed by atoms with E-state index >= 15 is 0 Å². The van der Waals surface area contributed by atoms with E-state index in [-0.39, 0.29) is 0 Å². The number of azo groups is 1. The summed E-state index contributed by atoms with van der Waals surface area (Å²) in [6.07, 6.45) is 0. The number of amidine groups is 1. The molecule has 120 valence electrons. The Morgan fingerprint density at radius 1 is 0.958 bits per heavy atom. The summed E-state index contributed by atoms with van der Waals surface area (Å²) in [6.45, 7) is 3.99. The highest BCUT2D eigenvalue weighted by atomic mass is 32.1. The number of para-hydroxylation sites is 1. The second-order valence-corrected chi connectivity index (χ2v) is 6.30.